The van der Waals surface area contributed by atoms with Crippen molar-refractivity contribution in [2.75, 3.05) is 0 Å². The standard InChI is InChI=1S/C28H19BrO/c29-27-22-16-8-7-15-21(22)25(27)26(19-11-3-1-4-12-19)23-17-9-10-18-24(23)28(27,30-26)20-13-5-2-6-14-20/h1-18,25H/t25-,26-,27-,28-/m1/s1. The van der Waals surface area contributed by atoms with Gasteiger partial charge in [-0.3, -0.25) is 0 Å². The van der Waals surface area contributed by atoms with Crippen LogP contribution < -0.4 is 0 Å². The highest BCUT2D eigenvalue weighted by atomic mass is 79.9. The Morgan fingerprint density at radius 2 is 1.10 bits per heavy atom. The highest BCUT2D eigenvalue weighted by molar-refractivity contribution is 9.09. The molecule has 1 saturated heterocycles. The predicted molar refractivity (Wildman–Crippen MR) is 122 cm³/mol. The van der Waals surface area contributed by atoms with E-state index in [0.717, 1.165) is 0 Å². The van der Waals surface area contributed by atoms with E-state index in [1.807, 2.05) is 0 Å². The zero-order chi connectivity index (χ0) is 20.0. The van der Waals surface area contributed by atoms with Gasteiger partial charge in [0.15, 0.2) is 0 Å². The molecular formula is C28H19BrO. The Bertz CT molecular complexity index is 1300. The molecule has 0 spiro atoms. The van der Waals surface area contributed by atoms with Crippen LogP contribution in [0.3, 0.4) is 0 Å². The first kappa shape index (κ1) is 17.0. The molecule has 144 valence electrons. The van der Waals surface area contributed by atoms with E-state index in [0.29, 0.717) is 0 Å². The monoisotopic (exact) mass is 450 g/mol. The van der Waals surface area contributed by atoms with Crippen LogP contribution in [0, 0.1) is 0 Å². The van der Waals surface area contributed by atoms with Crippen molar-refractivity contribution in [3.05, 3.63) is 143 Å². The smallest absolute Gasteiger partial charge is 0.140 e. The summed E-state index contributed by atoms with van der Waals surface area (Å²) in [6, 6.07) is 39.1. The zero-order valence-electron chi connectivity index (χ0n) is 16.3. The fourth-order valence-corrected chi connectivity index (χ4v) is 7.83. The fourth-order valence-electron chi connectivity index (χ4n) is 6.38. The van der Waals surface area contributed by atoms with Crippen molar-refractivity contribution in [2.45, 2.75) is 21.4 Å². The lowest BCUT2D eigenvalue weighted by Gasteiger charge is -2.55. The lowest BCUT2D eigenvalue weighted by Crippen LogP contribution is -2.54. The maximum atomic E-state index is 7.42. The van der Waals surface area contributed by atoms with Gasteiger partial charge in [0, 0.05) is 5.92 Å². The molecule has 30 heavy (non-hydrogen) atoms. The van der Waals surface area contributed by atoms with Gasteiger partial charge < -0.3 is 4.74 Å². The number of benzene rings is 4. The van der Waals surface area contributed by atoms with Gasteiger partial charge in [0.2, 0.25) is 0 Å². The molecule has 2 heterocycles. The Balaban J connectivity index is 1.66. The number of alkyl halides is 1. The number of fused-ring (bicyclic) bond motifs is 11. The van der Waals surface area contributed by atoms with Gasteiger partial charge in [-0.25, -0.2) is 0 Å². The number of hydrogen-bond donors (Lipinski definition) is 0. The zero-order valence-corrected chi connectivity index (χ0v) is 17.8. The molecule has 1 aliphatic carbocycles. The van der Waals surface area contributed by atoms with Crippen molar-refractivity contribution in [3.63, 3.8) is 0 Å². The first-order chi connectivity index (χ1) is 14.7. The van der Waals surface area contributed by atoms with Crippen molar-refractivity contribution in [3.8, 4) is 0 Å². The first-order valence-corrected chi connectivity index (χ1v) is 11.2. The van der Waals surface area contributed by atoms with E-state index in [1.165, 1.54) is 33.4 Å². The van der Waals surface area contributed by atoms with Gasteiger partial charge in [-0.15, -0.1) is 0 Å². The van der Waals surface area contributed by atoms with Crippen LogP contribution in [0.5, 0.6) is 0 Å². The molecular weight excluding hydrogens is 432 g/mol. The number of ether oxygens (including phenoxy) is 1. The highest BCUT2D eigenvalue weighted by Gasteiger charge is 2.82. The average Bonchev–Trinajstić information content (AvgIpc) is 3.23. The van der Waals surface area contributed by atoms with Gasteiger partial charge in [-0.1, -0.05) is 125 Å². The second-order valence-electron chi connectivity index (χ2n) is 8.53. The molecule has 4 aromatic carbocycles. The second kappa shape index (κ2) is 5.51. The van der Waals surface area contributed by atoms with Gasteiger partial charge in [-0.2, -0.15) is 0 Å². The van der Waals surface area contributed by atoms with Crippen LogP contribution in [0.15, 0.2) is 109 Å². The molecule has 4 atom stereocenters. The molecule has 1 fully saturated rings. The van der Waals surface area contributed by atoms with E-state index in [9.17, 15) is 0 Å². The Kier molecular flexibility index (Phi) is 3.13. The lowest BCUT2D eigenvalue weighted by atomic mass is 9.50. The molecule has 0 saturated carbocycles. The predicted octanol–water partition coefficient (Wildman–Crippen LogP) is 6.61. The van der Waals surface area contributed by atoms with Crippen LogP contribution in [0.4, 0.5) is 0 Å². The average molecular weight is 451 g/mol. The van der Waals surface area contributed by atoms with Crippen molar-refractivity contribution in [1.29, 1.82) is 0 Å². The van der Waals surface area contributed by atoms with Crippen molar-refractivity contribution in [2.24, 2.45) is 0 Å². The Morgan fingerprint density at radius 3 is 1.80 bits per heavy atom. The summed E-state index contributed by atoms with van der Waals surface area (Å²) in [6.07, 6.45) is 0. The molecule has 4 aromatic rings. The van der Waals surface area contributed by atoms with E-state index in [1.54, 1.807) is 0 Å². The molecule has 2 bridgehead atoms. The molecule has 7 rings (SSSR count). The largest absolute Gasteiger partial charge is 0.347 e. The summed E-state index contributed by atoms with van der Waals surface area (Å²) >= 11 is 4.32. The van der Waals surface area contributed by atoms with E-state index >= 15 is 0 Å². The van der Waals surface area contributed by atoms with Gasteiger partial charge in [0.25, 0.3) is 0 Å². The number of rotatable bonds is 2. The number of halogens is 1. The molecule has 1 nitrogen and oxygen atoms in total. The first-order valence-electron chi connectivity index (χ1n) is 10.4. The topological polar surface area (TPSA) is 9.23 Å². The summed E-state index contributed by atoms with van der Waals surface area (Å²) in [5, 5.41) is 0. The van der Waals surface area contributed by atoms with E-state index in [-0.39, 0.29) is 10.2 Å². The Labute approximate surface area is 184 Å². The third kappa shape index (κ3) is 1.61. The van der Waals surface area contributed by atoms with E-state index in [2.05, 4.69) is 125 Å². The summed E-state index contributed by atoms with van der Waals surface area (Å²) in [4.78, 5) is 0. The maximum absolute atomic E-state index is 7.42. The van der Waals surface area contributed by atoms with Crippen molar-refractivity contribution >= 4 is 15.9 Å². The van der Waals surface area contributed by atoms with Gasteiger partial charge in [0.1, 0.15) is 11.2 Å². The molecule has 2 aliphatic heterocycles. The highest BCUT2D eigenvalue weighted by Crippen LogP contribution is 2.83. The minimum atomic E-state index is -0.584. The SMILES string of the molecule is Br[C@]12c3ccccc3[C@@H]1[C@]1(c3ccccc3)O[C@]2(c2ccccc2)c2ccccc21. The summed E-state index contributed by atoms with van der Waals surface area (Å²) < 4.78 is 7.10. The minimum Gasteiger partial charge on any atom is -0.347 e. The third-order valence-corrected chi connectivity index (χ3v) is 8.83. The fraction of sp³-hybridized carbons (Fsp3) is 0.143. The molecule has 0 amide bonds. The maximum Gasteiger partial charge on any atom is 0.140 e. The van der Waals surface area contributed by atoms with E-state index in [4.69, 9.17) is 4.74 Å². The number of hydrogen-bond acceptors (Lipinski definition) is 1. The van der Waals surface area contributed by atoms with Crippen LogP contribution in [0.25, 0.3) is 0 Å². The summed E-state index contributed by atoms with van der Waals surface area (Å²) in [5.74, 6) is 0.193. The molecule has 0 aromatic heterocycles. The van der Waals surface area contributed by atoms with Crippen LogP contribution in [0.2, 0.25) is 0 Å². The van der Waals surface area contributed by atoms with Gasteiger partial charge >= 0.3 is 0 Å². The van der Waals surface area contributed by atoms with Gasteiger partial charge in [0.05, 0.1) is 4.32 Å². The Morgan fingerprint density at radius 1 is 0.567 bits per heavy atom. The molecule has 3 aliphatic rings. The molecule has 0 unspecified atom stereocenters. The molecule has 0 N–H and O–H groups in total. The van der Waals surface area contributed by atoms with Crippen LogP contribution >= 0.6 is 15.9 Å². The van der Waals surface area contributed by atoms with E-state index < -0.39 is 11.2 Å². The minimum absolute atomic E-state index is 0.193. The normalized spacial score (nSPS) is 32.1. The second-order valence-corrected chi connectivity index (χ2v) is 9.78. The lowest BCUT2D eigenvalue weighted by molar-refractivity contribution is -0.0472. The third-order valence-electron chi connectivity index (χ3n) is 7.38. The molecule has 0 radical (unpaired) electrons. The van der Waals surface area contributed by atoms with Gasteiger partial charge in [-0.05, 0) is 33.4 Å². The summed E-state index contributed by atoms with van der Waals surface area (Å²) in [5.41, 5.74) is 6.58. The van der Waals surface area contributed by atoms with Crippen molar-refractivity contribution < 1.29 is 4.74 Å². The van der Waals surface area contributed by atoms with Crippen LogP contribution in [-0.2, 0) is 20.3 Å². The molecule has 2 heteroatoms. The Hall–Kier alpha value is -2.68. The van der Waals surface area contributed by atoms with Crippen molar-refractivity contribution in [1.82, 2.24) is 0 Å². The summed E-state index contributed by atoms with van der Waals surface area (Å²) in [6.45, 7) is 0. The summed E-state index contributed by atoms with van der Waals surface area (Å²) in [7, 11) is 0. The quantitative estimate of drug-likeness (QED) is 0.312. The van der Waals surface area contributed by atoms with Crippen LogP contribution in [-0.4, -0.2) is 0 Å². The van der Waals surface area contributed by atoms with Crippen LogP contribution in [0.1, 0.15) is 39.3 Å².